The molecule has 0 saturated carbocycles. The van der Waals surface area contributed by atoms with Gasteiger partial charge in [-0.25, -0.2) is 9.22 Å². The van der Waals surface area contributed by atoms with E-state index in [1.165, 1.54) is 25.1 Å². The maximum absolute atomic E-state index is 12.0. The van der Waals surface area contributed by atoms with Crippen molar-refractivity contribution in [3.8, 4) is 6.07 Å². The molecule has 128 valence electrons. The van der Waals surface area contributed by atoms with Crippen molar-refractivity contribution in [1.29, 1.82) is 5.26 Å². The van der Waals surface area contributed by atoms with Crippen molar-refractivity contribution >= 4 is 29.3 Å². The van der Waals surface area contributed by atoms with Crippen LogP contribution < -0.4 is 5.32 Å². The first-order valence-electron chi connectivity index (χ1n) is 7.67. The normalized spacial score (nSPS) is 18.4. The van der Waals surface area contributed by atoms with Crippen molar-refractivity contribution in [2.24, 2.45) is 0 Å². The molecule has 0 unspecified atom stereocenters. The Balaban J connectivity index is 1.94. The summed E-state index contributed by atoms with van der Waals surface area (Å²) >= 11 is 0. The molecule has 0 aromatic heterocycles. The molecule has 0 spiro atoms. The number of nitriles is 1. The van der Waals surface area contributed by atoms with Crippen molar-refractivity contribution in [3.05, 3.63) is 64.3 Å². The van der Waals surface area contributed by atoms with Crippen molar-refractivity contribution in [3.63, 3.8) is 0 Å². The van der Waals surface area contributed by atoms with E-state index >= 15 is 0 Å². The number of nitrogens with one attached hydrogen (secondary N) is 1. The van der Waals surface area contributed by atoms with Gasteiger partial charge in [0.05, 0.1) is 29.2 Å². The molecule has 1 aromatic rings. The molecule has 0 atom stereocenters. The Hall–Kier alpha value is -3.79. The minimum atomic E-state index is -1.04. The fourth-order valence-electron chi connectivity index (χ4n) is 2.67. The van der Waals surface area contributed by atoms with Crippen molar-refractivity contribution in [2.45, 2.75) is 13.3 Å². The van der Waals surface area contributed by atoms with Gasteiger partial charge in [-0.3, -0.25) is 14.9 Å². The van der Waals surface area contributed by atoms with Gasteiger partial charge in [-0.1, -0.05) is 6.07 Å². The van der Waals surface area contributed by atoms with E-state index in [0.717, 1.165) is 0 Å². The van der Waals surface area contributed by atoms with Gasteiger partial charge in [0.25, 0.3) is 11.8 Å². The molecule has 1 aromatic carbocycles. The Labute approximate surface area is 148 Å². The summed E-state index contributed by atoms with van der Waals surface area (Å²) in [6.45, 7) is 1.53. The highest BCUT2D eigenvalue weighted by Crippen LogP contribution is 2.24. The summed E-state index contributed by atoms with van der Waals surface area (Å²) < 4.78 is 5.72. The fourth-order valence-corrected chi connectivity index (χ4v) is 2.67. The van der Waals surface area contributed by atoms with Gasteiger partial charge in [0.2, 0.25) is 0 Å². The van der Waals surface area contributed by atoms with E-state index in [9.17, 15) is 14.4 Å². The number of amides is 2. The van der Waals surface area contributed by atoms with E-state index in [1.807, 2.05) is 0 Å². The molecule has 7 nitrogen and oxygen atoms in total. The third-order valence-corrected chi connectivity index (χ3v) is 4.02. The Morgan fingerprint density at radius 2 is 2.12 bits per heavy atom. The SMILES string of the molecule is CC1=C(C#N)C(=O)NC(=O)/C1=C/C1=[O+]C(c2cccc(C(=O)O)c2)=CC1. The van der Waals surface area contributed by atoms with Crippen LogP contribution in [0.4, 0.5) is 0 Å². The van der Waals surface area contributed by atoms with E-state index < -0.39 is 17.8 Å². The third-order valence-electron chi connectivity index (χ3n) is 4.02. The summed E-state index contributed by atoms with van der Waals surface area (Å²) in [6.07, 6.45) is 3.65. The highest BCUT2D eigenvalue weighted by atomic mass is 16.4. The maximum Gasteiger partial charge on any atom is 0.356 e. The maximum atomic E-state index is 12.0. The number of carboxylic acid groups (broad SMARTS) is 1. The average Bonchev–Trinajstić information content (AvgIpc) is 3.07. The molecule has 0 aliphatic carbocycles. The lowest BCUT2D eigenvalue weighted by Crippen LogP contribution is -2.37. The summed E-state index contributed by atoms with van der Waals surface area (Å²) in [4.78, 5) is 34.7. The standard InChI is InChI=1S/C19H12N2O5/c1-10-14(17(22)21-18(23)15(10)9-20)8-13-5-6-16(26-13)11-3-2-4-12(7-11)19(24)25/h2-4,6-8H,5H2,1H3,(H-,21,22,23,24,25)/p+1/b14-8+. The molecule has 0 saturated heterocycles. The van der Waals surface area contributed by atoms with Crippen LogP contribution in [0, 0.1) is 11.3 Å². The Morgan fingerprint density at radius 3 is 2.81 bits per heavy atom. The van der Waals surface area contributed by atoms with Gasteiger partial charge < -0.3 is 5.11 Å². The lowest BCUT2D eigenvalue weighted by atomic mass is 9.96. The first-order chi connectivity index (χ1) is 12.4. The first-order valence-corrected chi connectivity index (χ1v) is 7.67. The number of ketones is 1. The monoisotopic (exact) mass is 349 g/mol. The van der Waals surface area contributed by atoms with E-state index in [4.69, 9.17) is 14.8 Å². The van der Waals surface area contributed by atoms with Gasteiger partial charge >= 0.3 is 17.5 Å². The Morgan fingerprint density at radius 1 is 1.35 bits per heavy atom. The molecule has 7 heteroatoms. The van der Waals surface area contributed by atoms with Crippen LogP contribution >= 0.6 is 0 Å². The van der Waals surface area contributed by atoms with Gasteiger partial charge in [0.1, 0.15) is 11.6 Å². The van der Waals surface area contributed by atoms with Crippen molar-refractivity contribution in [1.82, 2.24) is 5.32 Å². The molecule has 0 radical (unpaired) electrons. The predicted octanol–water partition coefficient (Wildman–Crippen LogP) is 1.66. The van der Waals surface area contributed by atoms with E-state index in [-0.39, 0.29) is 16.7 Å². The molecule has 0 bridgehead atoms. The first kappa shape index (κ1) is 17.0. The number of benzene rings is 1. The minimum Gasteiger partial charge on any atom is -0.478 e. The summed E-state index contributed by atoms with van der Waals surface area (Å²) in [5.41, 5.74) is 1.11. The van der Waals surface area contributed by atoms with Gasteiger partial charge in [0.15, 0.2) is 0 Å². The zero-order chi connectivity index (χ0) is 18.8. The van der Waals surface area contributed by atoms with Crippen molar-refractivity contribution in [2.75, 3.05) is 0 Å². The second-order valence-corrected chi connectivity index (χ2v) is 5.68. The molecule has 3 rings (SSSR count). The fraction of sp³-hybridized carbons (Fsp3) is 0.105. The lowest BCUT2D eigenvalue weighted by Gasteiger charge is -2.14. The van der Waals surface area contributed by atoms with Gasteiger partial charge in [0, 0.05) is 6.08 Å². The second-order valence-electron chi connectivity index (χ2n) is 5.68. The van der Waals surface area contributed by atoms with Crippen LogP contribution in [-0.4, -0.2) is 28.7 Å². The number of carbonyl (C=O) groups excluding carboxylic acids is 3. The minimum absolute atomic E-state index is 0.114. The van der Waals surface area contributed by atoms with E-state index in [2.05, 4.69) is 5.32 Å². The number of hydrogen-bond donors (Lipinski definition) is 2. The van der Waals surface area contributed by atoms with Crippen molar-refractivity contribution < 1.29 is 23.9 Å². The summed E-state index contributed by atoms with van der Waals surface area (Å²) in [5.74, 6) is -1.41. The van der Waals surface area contributed by atoms with Crippen LogP contribution in [0.5, 0.6) is 0 Å². The molecule has 2 heterocycles. The number of aromatic carboxylic acids is 1. The molecule has 0 fully saturated rings. The zero-order valence-corrected chi connectivity index (χ0v) is 13.7. The molecule has 2 amide bonds. The predicted molar refractivity (Wildman–Crippen MR) is 90.5 cm³/mol. The highest BCUT2D eigenvalue weighted by molar-refractivity contribution is 6.20. The summed E-state index contributed by atoms with van der Waals surface area (Å²) in [7, 11) is 0. The quantitative estimate of drug-likeness (QED) is 0.489. The topological polar surface area (TPSA) is 119 Å². The van der Waals surface area contributed by atoms with E-state index in [0.29, 0.717) is 29.1 Å². The molecular weight excluding hydrogens is 336 g/mol. The molecule has 2 N–H and O–H groups in total. The highest BCUT2D eigenvalue weighted by Gasteiger charge is 2.31. The smallest absolute Gasteiger partial charge is 0.356 e. The van der Waals surface area contributed by atoms with Gasteiger partial charge in [-0.15, -0.1) is 0 Å². The van der Waals surface area contributed by atoms with Crippen LogP contribution in [0.3, 0.4) is 0 Å². The third kappa shape index (κ3) is 3.08. The van der Waals surface area contributed by atoms with Crippen LogP contribution in [-0.2, 0) is 14.0 Å². The molecule has 2 aliphatic heterocycles. The number of imide groups is 1. The average molecular weight is 349 g/mol. The number of allylic oxidation sites excluding steroid dienone is 2. The molecular formula is C19H13N2O5+. The van der Waals surface area contributed by atoms with Gasteiger partial charge in [-0.05, 0) is 30.7 Å². The number of nitrogens with zero attached hydrogens (tertiary/aromatic N) is 1. The lowest BCUT2D eigenvalue weighted by molar-refractivity contribution is -0.339. The number of hydrogen-bond acceptors (Lipinski definition) is 4. The number of carboxylic acids is 1. The van der Waals surface area contributed by atoms with Crippen LogP contribution in [0.1, 0.15) is 29.3 Å². The number of rotatable bonds is 3. The van der Waals surface area contributed by atoms with Crippen LogP contribution in [0.15, 0.2) is 53.1 Å². The Bertz CT molecular complexity index is 1020. The Kier molecular flexibility index (Phi) is 4.33. The number of carbonyl (C=O) groups is 3. The summed E-state index contributed by atoms with van der Waals surface area (Å²) in [5, 5.41) is 20.2. The molecule has 2 aliphatic rings. The van der Waals surface area contributed by atoms with Crippen LogP contribution in [0.25, 0.3) is 5.76 Å². The zero-order valence-electron chi connectivity index (χ0n) is 13.7. The van der Waals surface area contributed by atoms with Gasteiger partial charge in [-0.2, -0.15) is 5.26 Å². The molecule has 26 heavy (non-hydrogen) atoms. The summed E-state index contributed by atoms with van der Waals surface area (Å²) in [6, 6.07) is 8.10. The largest absolute Gasteiger partial charge is 0.478 e. The van der Waals surface area contributed by atoms with E-state index in [1.54, 1.807) is 24.3 Å². The van der Waals surface area contributed by atoms with Crippen LogP contribution in [0.2, 0.25) is 0 Å². The second kappa shape index (κ2) is 6.61.